The Hall–Kier alpha value is -2.67. The fourth-order valence-corrected chi connectivity index (χ4v) is 5.15. The van der Waals surface area contributed by atoms with Gasteiger partial charge in [0.05, 0.1) is 5.52 Å². The van der Waals surface area contributed by atoms with Crippen molar-refractivity contribution in [3.05, 3.63) is 46.4 Å². The maximum absolute atomic E-state index is 12.9. The van der Waals surface area contributed by atoms with Crippen molar-refractivity contribution in [3.8, 4) is 0 Å². The second-order valence-electron chi connectivity index (χ2n) is 9.08. The summed E-state index contributed by atoms with van der Waals surface area (Å²) in [6.07, 6.45) is 7.63. The highest BCUT2D eigenvalue weighted by Gasteiger charge is 2.24. The van der Waals surface area contributed by atoms with Crippen molar-refractivity contribution in [1.82, 2.24) is 24.4 Å². The number of benzene rings is 1. The Kier molecular flexibility index (Phi) is 6.94. The molecule has 172 valence electrons. The predicted octanol–water partition coefficient (Wildman–Crippen LogP) is 3.51. The zero-order valence-electron chi connectivity index (χ0n) is 19.5. The van der Waals surface area contributed by atoms with Crippen LogP contribution in [0.1, 0.15) is 58.1 Å². The number of fused-ring (bicyclic) bond motifs is 3. The molecule has 7 nitrogen and oxygen atoms in total. The minimum absolute atomic E-state index is 0.0292. The summed E-state index contributed by atoms with van der Waals surface area (Å²) in [6.45, 7) is 8.11. The quantitative estimate of drug-likeness (QED) is 0.585. The molecule has 2 heterocycles. The number of hydrogen-bond acceptors (Lipinski definition) is 4. The molecule has 1 N–H and O–H groups in total. The van der Waals surface area contributed by atoms with Gasteiger partial charge in [0.2, 0.25) is 5.91 Å². The molecule has 0 bridgehead atoms. The molecular formula is C25H35N5O2. The number of hydrogen-bond donors (Lipinski definition) is 1. The normalized spacial score (nSPS) is 16.1. The summed E-state index contributed by atoms with van der Waals surface area (Å²) < 4.78 is 3.79. The van der Waals surface area contributed by atoms with Crippen molar-refractivity contribution in [2.45, 2.75) is 77.9 Å². The standard InChI is InChI=1S/C25H35N5O2/c1-4-18(2)28(20-10-6-5-7-11-20)15-14-26-24(32)17-29-22-13-9-8-12-21(22)25-27-23(31)16-19(3)30(25)29/h8-9,12-13,16,18,20H,4-7,10-11,14-15,17H2,1-3H3,(H,26,32)/t18-/m1/s1. The summed E-state index contributed by atoms with van der Waals surface area (Å²) in [5.41, 5.74) is 2.00. The van der Waals surface area contributed by atoms with Gasteiger partial charge in [0.25, 0.3) is 5.56 Å². The second-order valence-corrected chi connectivity index (χ2v) is 9.08. The molecule has 1 atom stereocenters. The minimum Gasteiger partial charge on any atom is -0.353 e. The molecule has 1 aliphatic rings. The topological polar surface area (TPSA) is 71.6 Å². The van der Waals surface area contributed by atoms with Crippen LogP contribution in [0.5, 0.6) is 0 Å². The Balaban J connectivity index is 1.48. The van der Waals surface area contributed by atoms with E-state index >= 15 is 0 Å². The van der Waals surface area contributed by atoms with E-state index in [1.165, 1.54) is 38.2 Å². The molecule has 1 saturated carbocycles. The molecular weight excluding hydrogens is 402 g/mol. The number of amides is 1. The van der Waals surface area contributed by atoms with Gasteiger partial charge in [0.15, 0.2) is 5.65 Å². The lowest BCUT2D eigenvalue weighted by atomic mass is 9.93. The zero-order chi connectivity index (χ0) is 22.7. The Labute approximate surface area is 189 Å². The Morgan fingerprint density at radius 3 is 2.75 bits per heavy atom. The van der Waals surface area contributed by atoms with Crippen LogP contribution in [0.15, 0.2) is 35.1 Å². The molecule has 7 heteroatoms. The first-order chi connectivity index (χ1) is 15.5. The van der Waals surface area contributed by atoms with E-state index in [-0.39, 0.29) is 18.0 Å². The van der Waals surface area contributed by atoms with Crippen LogP contribution in [0.3, 0.4) is 0 Å². The van der Waals surface area contributed by atoms with Crippen LogP contribution >= 0.6 is 0 Å². The van der Waals surface area contributed by atoms with Crippen molar-refractivity contribution in [3.63, 3.8) is 0 Å². The van der Waals surface area contributed by atoms with Crippen molar-refractivity contribution in [2.24, 2.45) is 0 Å². The largest absolute Gasteiger partial charge is 0.353 e. The molecule has 2 aromatic heterocycles. The van der Waals surface area contributed by atoms with E-state index in [2.05, 4.69) is 29.0 Å². The summed E-state index contributed by atoms with van der Waals surface area (Å²) in [4.78, 5) is 31.7. The Bertz CT molecular complexity index is 1140. The number of aryl methyl sites for hydroxylation is 1. The third-order valence-electron chi connectivity index (χ3n) is 6.93. The van der Waals surface area contributed by atoms with E-state index in [1.54, 1.807) is 0 Å². The van der Waals surface area contributed by atoms with Gasteiger partial charge in [-0.1, -0.05) is 38.3 Å². The van der Waals surface area contributed by atoms with Crippen molar-refractivity contribution >= 4 is 22.5 Å². The lowest BCUT2D eigenvalue weighted by Gasteiger charge is -2.38. The summed E-state index contributed by atoms with van der Waals surface area (Å²) in [6, 6.07) is 10.5. The van der Waals surface area contributed by atoms with Crippen LogP contribution in [0.4, 0.5) is 0 Å². The number of rotatable bonds is 8. The first kappa shape index (κ1) is 22.5. The van der Waals surface area contributed by atoms with Crippen molar-refractivity contribution in [1.29, 1.82) is 0 Å². The van der Waals surface area contributed by atoms with Gasteiger partial charge in [-0.3, -0.25) is 19.2 Å². The van der Waals surface area contributed by atoms with Crippen LogP contribution in [0, 0.1) is 6.92 Å². The summed E-state index contributed by atoms with van der Waals surface area (Å²) in [5, 5.41) is 4.01. The van der Waals surface area contributed by atoms with Crippen LogP contribution in [-0.4, -0.2) is 50.2 Å². The van der Waals surface area contributed by atoms with Crippen LogP contribution in [0.25, 0.3) is 16.6 Å². The molecule has 0 aliphatic heterocycles. The van der Waals surface area contributed by atoms with E-state index in [9.17, 15) is 9.59 Å². The van der Waals surface area contributed by atoms with E-state index in [1.807, 2.05) is 40.4 Å². The Morgan fingerprint density at radius 1 is 1.25 bits per heavy atom. The molecule has 0 unspecified atom stereocenters. The van der Waals surface area contributed by atoms with Gasteiger partial charge in [-0.15, -0.1) is 0 Å². The van der Waals surface area contributed by atoms with Gasteiger partial charge in [-0.2, -0.15) is 4.98 Å². The SMILES string of the molecule is CC[C@@H](C)N(CCNC(=O)Cn1c2ccccc2c2nc(=O)cc(C)n21)C1CCCCC1. The molecule has 0 radical (unpaired) electrons. The molecule has 1 aromatic carbocycles. The molecule has 0 spiro atoms. The maximum Gasteiger partial charge on any atom is 0.273 e. The molecule has 32 heavy (non-hydrogen) atoms. The number of nitrogens with zero attached hydrogens (tertiary/aromatic N) is 4. The number of para-hydroxylation sites is 1. The van der Waals surface area contributed by atoms with Crippen LogP contribution < -0.4 is 10.9 Å². The van der Waals surface area contributed by atoms with Crippen LogP contribution in [-0.2, 0) is 11.3 Å². The lowest BCUT2D eigenvalue weighted by Crippen LogP contribution is -2.46. The van der Waals surface area contributed by atoms with Gasteiger partial charge >= 0.3 is 0 Å². The summed E-state index contributed by atoms with van der Waals surface area (Å²) >= 11 is 0. The van der Waals surface area contributed by atoms with Gasteiger partial charge in [0.1, 0.15) is 6.54 Å². The zero-order valence-corrected chi connectivity index (χ0v) is 19.5. The predicted molar refractivity (Wildman–Crippen MR) is 128 cm³/mol. The molecule has 1 amide bonds. The molecule has 3 aromatic rings. The number of carbonyl (C=O) groups is 1. The average molecular weight is 438 g/mol. The monoisotopic (exact) mass is 437 g/mol. The van der Waals surface area contributed by atoms with E-state index < -0.39 is 0 Å². The smallest absolute Gasteiger partial charge is 0.273 e. The fourth-order valence-electron chi connectivity index (χ4n) is 5.15. The van der Waals surface area contributed by atoms with Gasteiger partial charge in [-0.25, -0.2) is 4.52 Å². The summed E-state index contributed by atoms with van der Waals surface area (Å²) in [7, 11) is 0. The molecule has 1 aliphatic carbocycles. The van der Waals surface area contributed by atoms with Crippen LogP contribution in [0.2, 0.25) is 0 Å². The average Bonchev–Trinajstić information content (AvgIpc) is 3.10. The number of aromatic nitrogens is 3. The lowest BCUT2D eigenvalue weighted by molar-refractivity contribution is -0.121. The highest BCUT2D eigenvalue weighted by molar-refractivity contribution is 5.93. The third kappa shape index (κ3) is 4.58. The molecule has 1 fully saturated rings. The van der Waals surface area contributed by atoms with Crippen molar-refractivity contribution < 1.29 is 4.79 Å². The second kappa shape index (κ2) is 9.86. The highest BCUT2D eigenvalue weighted by Crippen LogP contribution is 2.25. The Morgan fingerprint density at radius 2 is 2.00 bits per heavy atom. The first-order valence-corrected chi connectivity index (χ1v) is 12.0. The van der Waals surface area contributed by atoms with E-state index in [0.717, 1.165) is 29.6 Å². The van der Waals surface area contributed by atoms with E-state index in [4.69, 9.17) is 0 Å². The fraction of sp³-hybridized carbons (Fsp3) is 0.560. The van der Waals surface area contributed by atoms with Crippen molar-refractivity contribution in [2.75, 3.05) is 13.1 Å². The molecule has 4 rings (SSSR count). The van der Waals surface area contributed by atoms with Gasteiger partial charge < -0.3 is 5.32 Å². The minimum atomic E-state index is -0.261. The maximum atomic E-state index is 12.9. The van der Waals surface area contributed by atoms with E-state index in [0.29, 0.717) is 24.3 Å². The third-order valence-corrected chi connectivity index (χ3v) is 6.93. The highest BCUT2D eigenvalue weighted by atomic mass is 16.2. The molecule has 0 saturated heterocycles. The number of carbonyl (C=O) groups excluding carboxylic acids is 1. The van der Waals surface area contributed by atoms with Gasteiger partial charge in [-0.05, 0) is 45.2 Å². The summed E-state index contributed by atoms with van der Waals surface area (Å²) in [5.74, 6) is -0.0292. The first-order valence-electron chi connectivity index (χ1n) is 12.0. The van der Waals surface area contributed by atoms with Gasteiger partial charge in [0, 0.05) is 42.3 Å². The number of nitrogens with one attached hydrogen (secondary N) is 1.